The SMILES string of the molecule is C1CNCCNCC[N-]1.CO.CO.CO.Cl.[Ti]. The molecule has 0 atom stereocenters. The molecule has 1 aliphatic heterocycles. The van der Waals surface area contributed by atoms with Crippen molar-refractivity contribution in [1.82, 2.24) is 10.6 Å². The molecule has 0 unspecified atom stereocenters. The molecule has 108 valence electrons. The normalized spacial score (nSPS) is 13.8. The molecule has 0 aromatic rings. The second-order valence-electron chi connectivity index (χ2n) is 2.17. The fourth-order valence-electron chi connectivity index (χ4n) is 0.855. The molecule has 8 heteroatoms. The van der Waals surface area contributed by atoms with Crippen LogP contribution in [0.3, 0.4) is 0 Å². The predicted octanol–water partition coefficient (Wildman–Crippen LogP) is -1.20. The van der Waals surface area contributed by atoms with Crippen molar-refractivity contribution in [2.45, 2.75) is 0 Å². The fourth-order valence-corrected chi connectivity index (χ4v) is 0.855. The first-order valence-electron chi connectivity index (χ1n) is 4.89. The maximum absolute atomic E-state index is 7.00. The van der Waals surface area contributed by atoms with Gasteiger partial charge in [0.05, 0.1) is 0 Å². The van der Waals surface area contributed by atoms with Gasteiger partial charge in [-0.2, -0.15) is 0 Å². The quantitative estimate of drug-likeness (QED) is 0.362. The summed E-state index contributed by atoms with van der Waals surface area (Å²) < 4.78 is 0. The third-order valence-electron chi connectivity index (χ3n) is 1.37. The first-order chi connectivity index (χ1) is 7.50. The van der Waals surface area contributed by atoms with E-state index < -0.39 is 0 Å². The van der Waals surface area contributed by atoms with Crippen molar-refractivity contribution in [1.29, 1.82) is 0 Å². The van der Waals surface area contributed by atoms with Gasteiger partial charge in [0.25, 0.3) is 0 Å². The van der Waals surface area contributed by atoms with Crippen LogP contribution in [0.2, 0.25) is 0 Å². The largest absolute Gasteiger partial charge is 0.660 e. The van der Waals surface area contributed by atoms with Gasteiger partial charge in [-0.05, 0) is 13.1 Å². The van der Waals surface area contributed by atoms with Gasteiger partial charge in [-0.1, -0.05) is 0 Å². The molecule has 1 rings (SSSR count). The average Bonchev–Trinajstić information content (AvgIpc) is 2.52. The summed E-state index contributed by atoms with van der Waals surface area (Å²) >= 11 is 0. The number of nitrogens with zero attached hydrogens (tertiary/aromatic N) is 1. The zero-order chi connectivity index (χ0) is 12.4. The summed E-state index contributed by atoms with van der Waals surface area (Å²) in [5.41, 5.74) is 0. The molecule has 1 heterocycles. The van der Waals surface area contributed by atoms with Gasteiger partial charge in [0.2, 0.25) is 0 Å². The summed E-state index contributed by atoms with van der Waals surface area (Å²) in [5, 5.41) is 31.8. The Hall–Kier alpha value is 0.764. The number of rotatable bonds is 0. The van der Waals surface area contributed by atoms with Crippen molar-refractivity contribution in [3.05, 3.63) is 5.32 Å². The van der Waals surface area contributed by atoms with Gasteiger partial charge in [0.1, 0.15) is 0 Å². The molecule has 0 aromatic carbocycles. The van der Waals surface area contributed by atoms with Crippen LogP contribution in [0.1, 0.15) is 0 Å². The predicted molar refractivity (Wildman–Crippen MR) is 70.5 cm³/mol. The molecule has 1 saturated heterocycles. The van der Waals surface area contributed by atoms with Gasteiger partial charge in [0.15, 0.2) is 0 Å². The topological polar surface area (TPSA) is 98.9 Å². The molecule has 1 aliphatic rings. The fraction of sp³-hybridized carbons (Fsp3) is 1.00. The van der Waals surface area contributed by atoms with E-state index in [0.717, 1.165) is 60.6 Å². The number of aliphatic hydroxyl groups is 3. The van der Waals surface area contributed by atoms with E-state index in [2.05, 4.69) is 16.0 Å². The maximum Gasteiger partial charge on any atom is 0.0319 e. The van der Waals surface area contributed by atoms with E-state index in [9.17, 15) is 0 Å². The van der Waals surface area contributed by atoms with Gasteiger partial charge >= 0.3 is 0 Å². The number of halogens is 1. The van der Waals surface area contributed by atoms with E-state index in [0.29, 0.717) is 0 Å². The van der Waals surface area contributed by atoms with Crippen molar-refractivity contribution in [3.63, 3.8) is 0 Å². The van der Waals surface area contributed by atoms with E-state index in [-0.39, 0.29) is 34.1 Å². The standard InChI is InChI=1S/C6H14N3.3CH4O.ClH.Ti/c1-2-8-5-6-9-4-3-7-1;3*1-2;;/h7-8H,1-6H2;3*2H,1H3;1H;/q-1;;;;;. The summed E-state index contributed by atoms with van der Waals surface area (Å²) in [5.74, 6) is 0. The third kappa shape index (κ3) is 38.3. The monoisotopic (exact) mass is 308 g/mol. The van der Waals surface area contributed by atoms with Crippen LogP contribution in [0, 0.1) is 0 Å². The zero-order valence-electron chi connectivity index (χ0n) is 10.9. The van der Waals surface area contributed by atoms with Crippen molar-refractivity contribution in [2.75, 3.05) is 60.6 Å². The van der Waals surface area contributed by atoms with Crippen LogP contribution < -0.4 is 10.6 Å². The number of hydrogen-bond acceptors (Lipinski definition) is 5. The Morgan fingerprint density at radius 3 is 1.29 bits per heavy atom. The van der Waals surface area contributed by atoms with Gasteiger partial charge in [-0.25, -0.2) is 0 Å². The molecule has 0 amide bonds. The van der Waals surface area contributed by atoms with Gasteiger partial charge < -0.3 is 31.3 Å². The Morgan fingerprint density at radius 1 is 0.706 bits per heavy atom. The van der Waals surface area contributed by atoms with Gasteiger partial charge in [0, 0.05) is 56.1 Å². The van der Waals surface area contributed by atoms with Crippen LogP contribution in [0.25, 0.3) is 5.32 Å². The number of hydrogen-bond donors (Lipinski definition) is 5. The molecule has 0 saturated carbocycles. The smallest absolute Gasteiger partial charge is 0.0319 e. The molecule has 0 aliphatic carbocycles. The minimum Gasteiger partial charge on any atom is -0.660 e. The molecule has 1 fully saturated rings. The molecule has 5 N–H and O–H groups in total. The summed E-state index contributed by atoms with van der Waals surface area (Å²) in [6, 6.07) is 0. The summed E-state index contributed by atoms with van der Waals surface area (Å²) in [7, 11) is 3.00. The summed E-state index contributed by atoms with van der Waals surface area (Å²) in [6.07, 6.45) is 0. The number of aliphatic hydroxyl groups excluding tert-OH is 3. The van der Waals surface area contributed by atoms with E-state index in [1.165, 1.54) is 0 Å². The Labute approximate surface area is 126 Å². The van der Waals surface area contributed by atoms with Gasteiger partial charge in [-0.15, -0.1) is 25.5 Å². The van der Waals surface area contributed by atoms with Crippen LogP contribution >= 0.6 is 12.4 Å². The average molecular weight is 309 g/mol. The minimum absolute atomic E-state index is 0. The maximum atomic E-state index is 7.00. The van der Waals surface area contributed by atoms with E-state index in [1.54, 1.807) is 0 Å². The third-order valence-corrected chi connectivity index (χ3v) is 1.37. The van der Waals surface area contributed by atoms with Gasteiger partial charge in [-0.3, -0.25) is 0 Å². The van der Waals surface area contributed by atoms with E-state index in [1.807, 2.05) is 0 Å². The van der Waals surface area contributed by atoms with E-state index >= 15 is 0 Å². The Bertz CT molecular complexity index is 60.0. The Balaban J connectivity index is -0.0000000530. The first kappa shape index (κ1) is 30.6. The second-order valence-corrected chi connectivity index (χ2v) is 2.17. The van der Waals surface area contributed by atoms with Crippen LogP contribution in [-0.2, 0) is 21.7 Å². The Kier molecular flexibility index (Phi) is 78.8. The molecule has 17 heavy (non-hydrogen) atoms. The molecule has 0 radical (unpaired) electrons. The van der Waals surface area contributed by atoms with Crippen molar-refractivity contribution < 1.29 is 37.0 Å². The molecule has 0 aromatic heterocycles. The molecule has 0 spiro atoms. The molecular formula is C9H27ClN3O3Ti-. The van der Waals surface area contributed by atoms with Crippen LogP contribution in [0.4, 0.5) is 0 Å². The molecular weight excluding hydrogens is 281 g/mol. The molecule has 6 nitrogen and oxygen atoms in total. The Morgan fingerprint density at radius 2 is 1.00 bits per heavy atom. The first-order valence-corrected chi connectivity index (χ1v) is 4.89. The van der Waals surface area contributed by atoms with E-state index in [4.69, 9.17) is 15.3 Å². The summed E-state index contributed by atoms with van der Waals surface area (Å²) in [4.78, 5) is 0. The zero-order valence-corrected chi connectivity index (χ0v) is 13.3. The van der Waals surface area contributed by atoms with Crippen LogP contribution in [0.15, 0.2) is 0 Å². The van der Waals surface area contributed by atoms with Crippen molar-refractivity contribution >= 4 is 12.4 Å². The van der Waals surface area contributed by atoms with Crippen LogP contribution in [0.5, 0.6) is 0 Å². The summed E-state index contributed by atoms with van der Waals surface area (Å²) in [6.45, 7) is 6.19. The number of nitrogens with one attached hydrogen (secondary N) is 2. The second kappa shape index (κ2) is 43.7. The van der Waals surface area contributed by atoms with Crippen LogP contribution in [-0.4, -0.2) is 75.9 Å². The molecule has 0 bridgehead atoms. The van der Waals surface area contributed by atoms with Crippen molar-refractivity contribution in [2.24, 2.45) is 0 Å². The minimum atomic E-state index is 0. The van der Waals surface area contributed by atoms with Crippen molar-refractivity contribution in [3.8, 4) is 0 Å².